The van der Waals surface area contributed by atoms with Crippen LogP contribution in [0, 0.1) is 19.8 Å². The van der Waals surface area contributed by atoms with Crippen molar-refractivity contribution >= 4 is 11.0 Å². The minimum absolute atomic E-state index is 0. The molecule has 0 bridgehead atoms. The van der Waals surface area contributed by atoms with Gasteiger partial charge >= 0.3 is 0 Å². The topological polar surface area (TPSA) is 50.9 Å². The van der Waals surface area contributed by atoms with Crippen molar-refractivity contribution in [3.05, 3.63) is 167 Å². The van der Waals surface area contributed by atoms with Crippen LogP contribution in [0.25, 0.3) is 72.7 Å². The second kappa shape index (κ2) is 16.4. The predicted octanol–water partition coefficient (Wildman–Crippen LogP) is 14.8. The summed E-state index contributed by atoms with van der Waals surface area (Å²) in [5, 5.41) is 12.0. The van der Waals surface area contributed by atoms with Crippen LogP contribution >= 0.6 is 0 Å². The van der Waals surface area contributed by atoms with Crippen molar-refractivity contribution in [3.8, 4) is 67.5 Å². The average molecular weight is 994 g/mol. The zero-order valence-corrected chi connectivity index (χ0v) is 37.6. The van der Waals surface area contributed by atoms with Crippen LogP contribution in [0.3, 0.4) is 0 Å². The number of benzene rings is 6. The van der Waals surface area contributed by atoms with Crippen LogP contribution in [0.5, 0.6) is 5.75 Å². The van der Waals surface area contributed by atoms with E-state index >= 15 is 0 Å². The third-order valence-electron chi connectivity index (χ3n) is 11.1. The molecule has 0 aliphatic rings. The molecule has 0 aliphatic heterocycles. The van der Waals surface area contributed by atoms with Gasteiger partial charge in [-0.05, 0) is 93.7 Å². The van der Waals surface area contributed by atoms with Crippen LogP contribution in [0.15, 0.2) is 134 Å². The number of phenols is 1. The number of nitrogens with zero attached hydrogens (tertiary/aromatic N) is 3. The number of rotatable bonds is 6. The molecular weight excluding hydrogens is 926 g/mol. The Morgan fingerprint density at radius 1 is 0.607 bits per heavy atom. The van der Waals surface area contributed by atoms with E-state index in [0.717, 1.165) is 22.3 Å². The Labute approximate surface area is 393 Å². The Balaban J connectivity index is 0.00000780. The summed E-state index contributed by atoms with van der Waals surface area (Å²) in [5.74, 6) is 0.515. The molecule has 0 atom stereocenters. The van der Waals surface area contributed by atoms with Crippen LogP contribution in [0.4, 0.5) is 0 Å². The Morgan fingerprint density at radius 3 is 2.00 bits per heavy atom. The molecule has 8 aromatic rings. The molecule has 6 aromatic carbocycles. The van der Waals surface area contributed by atoms with E-state index in [-0.39, 0.29) is 48.8 Å². The summed E-state index contributed by atoms with van der Waals surface area (Å²) < 4.78 is 101. The van der Waals surface area contributed by atoms with Crippen molar-refractivity contribution < 1.29 is 42.6 Å². The maximum absolute atomic E-state index is 12.0. The molecule has 312 valence electrons. The monoisotopic (exact) mass is 993 g/mol. The fraction of sp³-hybridized carbons (Fsp3) is 0.250. The van der Waals surface area contributed by atoms with Gasteiger partial charge in [-0.3, -0.25) is 9.55 Å². The number of fused-ring (bicyclic) bond motifs is 1. The van der Waals surface area contributed by atoms with E-state index in [1.807, 2.05) is 84.3 Å². The first-order valence-electron chi connectivity index (χ1n) is 26.0. The van der Waals surface area contributed by atoms with Crippen LogP contribution in [0.2, 0.25) is 0 Å². The fourth-order valence-corrected chi connectivity index (χ4v) is 7.66. The minimum Gasteiger partial charge on any atom is -0.507 e. The first kappa shape index (κ1) is 30.5. The molecule has 0 unspecified atom stereocenters. The van der Waals surface area contributed by atoms with Crippen molar-refractivity contribution in [2.75, 3.05) is 0 Å². The van der Waals surface area contributed by atoms with Crippen molar-refractivity contribution in [1.82, 2.24) is 14.5 Å². The Bertz CT molecular complexity index is 3300. The Morgan fingerprint density at radius 2 is 1.31 bits per heavy atom. The van der Waals surface area contributed by atoms with Gasteiger partial charge in [-0.1, -0.05) is 164 Å². The average Bonchev–Trinajstić information content (AvgIpc) is 3.67. The van der Waals surface area contributed by atoms with Gasteiger partial charge in [0, 0.05) is 55.0 Å². The molecule has 0 saturated carbocycles. The molecule has 2 aromatic heterocycles. The summed E-state index contributed by atoms with van der Waals surface area (Å²) >= 11 is 0. The smallest absolute Gasteiger partial charge is 0.148 e. The first-order valence-corrected chi connectivity index (χ1v) is 20.0. The number of hydrogen-bond donors (Lipinski definition) is 1. The van der Waals surface area contributed by atoms with Gasteiger partial charge in [-0.15, -0.1) is 29.3 Å². The standard InChI is InChI=1S/C56H56N3O.Pt/c1-35-20-25-49(46(28-35)38-16-13-12-14-17-38)59-50-19-15-18-45(51(50)58-53(59)47-34-43(55(6,7)8)29-36(2)52(47)60)40-30-41(32-44(31-40)56(9,10)11)48-33-39(26-27-57-48)37-21-23-42(24-22-37)54(3,4)5;/h12-29,31-34,60H,1-11H3;/q-1;/i1D3,3D3,4D3,5D3;. The summed E-state index contributed by atoms with van der Waals surface area (Å²) in [6.07, 6.45) is 1.63. The molecule has 8 rings (SSSR count). The first-order chi connectivity index (χ1) is 33.3. The zero-order chi connectivity index (χ0) is 52.7. The summed E-state index contributed by atoms with van der Waals surface area (Å²) in [5.41, 5.74) is 6.46. The molecule has 0 amide bonds. The molecule has 4 nitrogen and oxygen atoms in total. The SMILES string of the molecule is [2H]C([2H])([2H])c1ccc(-n2c(-c3cc(C(C)(C)C)cc(C)c3O)nc3c(-c4[c-]c(-c5cc(-c6ccc(C(C([2H])([2H])[2H])(C([2H])([2H])[2H])C([2H])([2H])[2H])cc6)ccn5)cc(C(C)(C)C)c4)cccc32)c(-c2ccccc2)c1.[Pt]. The Hall–Kier alpha value is -5.57. The quantitative estimate of drug-likeness (QED) is 0.169. The van der Waals surface area contributed by atoms with Crippen molar-refractivity contribution in [3.63, 3.8) is 0 Å². The molecular formula is C56H56N3OPt-. The van der Waals surface area contributed by atoms with Crippen molar-refractivity contribution in [2.45, 2.75) is 92.1 Å². The molecule has 0 radical (unpaired) electrons. The van der Waals surface area contributed by atoms with Crippen molar-refractivity contribution in [1.29, 1.82) is 0 Å². The second-order valence-electron chi connectivity index (χ2n) is 17.7. The minimum atomic E-state index is -3.39. The summed E-state index contributed by atoms with van der Waals surface area (Å²) in [6, 6.07) is 41.5. The summed E-state index contributed by atoms with van der Waals surface area (Å²) in [4.78, 5) is 10.2. The van der Waals surface area contributed by atoms with E-state index in [2.05, 4.69) is 53.7 Å². The van der Waals surface area contributed by atoms with Gasteiger partial charge in [0.15, 0.2) is 0 Å². The molecule has 0 fully saturated rings. The van der Waals surface area contributed by atoms with Crippen LogP contribution in [0.1, 0.15) is 106 Å². The van der Waals surface area contributed by atoms with E-state index in [1.54, 1.807) is 30.5 Å². The van der Waals surface area contributed by atoms with Crippen molar-refractivity contribution in [2.24, 2.45) is 0 Å². The number of pyridine rings is 1. The van der Waals surface area contributed by atoms with Crippen LogP contribution < -0.4 is 0 Å². The van der Waals surface area contributed by atoms with E-state index in [0.29, 0.717) is 67.2 Å². The second-order valence-corrected chi connectivity index (χ2v) is 17.7. The van der Waals surface area contributed by atoms with Gasteiger partial charge in [0.2, 0.25) is 0 Å². The maximum Gasteiger partial charge on any atom is 0.148 e. The predicted molar refractivity (Wildman–Crippen MR) is 252 cm³/mol. The van der Waals surface area contributed by atoms with E-state index in [1.165, 1.54) is 24.3 Å². The number of aromatic nitrogens is 3. The normalized spacial score (nSPS) is 15.9. The van der Waals surface area contributed by atoms with Gasteiger partial charge < -0.3 is 5.11 Å². The number of imidazole rings is 1. The number of aromatic hydroxyl groups is 1. The molecule has 0 saturated heterocycles. The molecule has 5 heteroatoms. The van der Waals surface area contributed by atoms with Crippen LogP contribution in [-0.2, 0) is 37.3 Å². The Kier molecular flexibility index (Phi) is 8.17. The van der Waals surface area contributed by atoms with Gasteiger partial charge in [0.1, 0.15) is 11.6 Å². The maximum atomic E-state index is 12.0. The van der Waals surface area contributed by atoms with Gasteiger partial charge in [-0.2, -0.15) is 0 Å². The van der Waals surface area contributed by atoms with E-state index in [4.69, 9.17) is 26.4 Å². The number of para-hydroxylation sites is 1. The van der Waals surface area contributed by atoms with Gasteiger partial charge in [0.25, 0.3) is 0 Å². The fourth-order valence-electron chi connectivity index (χ4n) is 7.66. The van der Waals surface area contributed by atoms with Gasteiger partial charge in [0.05, 0.1) is 22.3 Å². The number of aryl methyl sites for hydroxylation is 2. The largest absolute Gasteiger partial charge is 0.507 e. The van der Waals surface area contributed by atoms with E-state index < -0.39 is 32.8 Å². The molecule has 61 heavy (non-hydrogen) atoms. The molecule has 1 N–H and O–H groups in total. The third kappa shape index (κ3) is 8.66. The summed E-state index contributed by atoms with van der Waals surface area (Å²) in [6.45, 7) is 1.96. The number of phenolic OH excluding ortho intramolecular Hbond substituents is 1. The molecule has 0 spiro atoms. The number of hydrogen-bond acceptors (Lipinski definition) is 3. The summed E-state index contributed by atoms with van der Waals surface area (Å²) in [7, 11) is 0. The van der Waals surface area contributed by atoms with Gasteiger partial charge in [-0.25, -0.2) is 4.98 Å². The molecule has 0 aliphatic carbocycles. The third-order valence-corrected chi connectivity index (χ3v) is 11.1. The zero-order valence-electron chi connectivity index (χ0n) is 47.3. The molecule has 2 heterocycles. The van der Waals surface area contributed by atoms with E-state index in [9.17, 15) is 5.11 Å². The van der Waals surface area contributed by atoms with Crippen LogP contribution in [-0.4, -0.2) is 19.6 Å².